The monoisotopic (exact) mass is 445 g/mol. The Bertz CT molecular complexity index is 1000. The normalized spacial score (nSPS) is 19.2. The zero-order valence-electron chi connectivity index (χ0n) is 17.8. The number of anilines is 3. The van der Waals surface area contributed by atoms with Crippen LogP contribution in [-0.2, 0) is 0 Å². The summed E-state index contributed by atoms with van der Waals surface area (Å²) in [4.78, 5) is 25.8. The molecule has 1 aliphatic rings. The lowest BCUT2D eigenvalue weighted by Crippen LogP contribution is -2.46. The van der Waals surface area contributed by atoms with Gasteiger partial charge in [-0.25, -0.2) is 23.7 Å². The molecule has 2 aromatic heterocycles. The molecule has 3 rings (SSSR count). The van der Waals surface area contributed by atoms with Crippen LogP contribution in [-0.4, -0.2) is 56.5 Å². The first kappa shape index (κ1) is 23.3. The van der Waals surface area contributed by atoms with Gasteiger partial charge in [0.15, 0.2) is 0 Å². The van der Waals surface area contributed by atoms with Gasteiger partial charge in [-0.15, -0.1) is 0 Å². The second-order valence-corrected chi connectivity index (χ2v) is 8.32. The van der Waals surface area contributed by atoms with Crippen LogP contribution in [0.5, 0.6) is 0 Å². The second-order valence-electron chi connectivity index (χ2n) is 8.32. The maximum Gasteiger partial charge on any atom is 0.252 e. The van der Waals surface area contributed by atoms with Crippen LogP contribution >= 0.6 is 0 Å². The van der Waals surface area contributed by atoms with Gasteiger partial charge in [-0.2, -0.15) is 5.26 Å². The molecule has 32 heavy (non-hydrogen) atoms. The van der Waals surface area contributed by atoms with Crippen molar-refractivity contribution < 1.29 is 18.7 Å². The number of aromatic nitrogens is 3. The number of nitriles is 1. The number of rotatable bonds is 8. The Morgan fingerprint density at radius 1 is 1.38 bits per heavy atom. The number of pyridine rings is 1. The molecule has 0 saturated heterocycles. The minimum atomic E-state index is -1.67. The van der Waals surface area contributed by atoms with Crippen molar-refractivity contribution in [2.24, 2.45) is 5.73 Å². The van der Waals surface area contributed by atoms with Crippen molar-refractivity contribution in [3.8, 4) is 6.07 Å². The first-order chi connectivity index (χ1) is 15.1. The molecule has 1 fully saturated rings. The molecule has 0 bridgehead atoms. The van der Waals surface area contributed by atoms with Gasteiger partial charge in [0.05, 0.1) is 41.4 Å². The highest BCUT2D eigenvalue weighted by molar-refractivity contribution is 5.99. The number of amides is 1. The number of hydrogen-bond acceptors (Lipinski definition) is 8. The largest absolute Gasteiger partial charge is 0.387 e. The Morgan fingerprint density at radius 3 is 2.59 bits per heavy atom. The van der Waals surface area contributed by atoms with Crippen molar-refractivity contribution in [1.82, 2.24) is 15.0 Å². The van der Waals surface area contributed by atoms with Gasteiger partial charge in [-0.3, -0.25) is 4.79 Å². The summed E-state index contributed by atoms with van der Waals surface area (Å²) in [5.41, 5.74) is 4.49. The number of nitrogens with two attached hydrogens (primary N) is 1. The number of primary amides is 1. The highest BCUT2D eigenvalue weighted by atomic mass is 19.1. The lowest BCUT2D eigenvalue weighted by atomic mass is 10.0. The molecule has 0 aromatic carbocycles. The number of nitrogens with one attached hydrogen (secondary N) is 1. The SMILES string of the molecule is CC(C)(O)[C@H](F)CN(c1cc(Nc2ncc(C#N)cn2)ncc1C(N)=O)C1CCC(F)C1. The van der Waals surface area contributed by atoms with Gasteiger partial charge in [0.2, 0.25) is 5.95 Å². The zero-order chi connectivity index (χ0) is 23.5. The van der Waals surface area contributed by atoms with E-state index in [1.165, 1.54) is 38.5 Å². The molecule has 0 aliphatic heterocycles. The number of nitrogens with zero attached hydrogens (tertiary/aromatic N) is 5. The Hall–Kier alpha value is -3.39. The van der Waals surface area contributed by atoms with Gasteiger partial charge in [0, 0.05) is 18.3 Å². The van der Waals surface area contributed by atoms with Crippen LogP contribution in [0.4, 0.5) is 26.2 Å². The molecule has 1 saturated carbocycles. The smallest absolute Gasteiger partial charge is 0.252 e. The summed E-state index contributed by atoms with van der Waals surface area (Å²) in [5, 5.41) is 21.8. The van der Waals surface area contributed by atoms with E-state index in [0.717, 1.165) is 0 Å². The number of carbonyl (C=O) groups is 1. The van der Waals surface area contributed by atoms with E-state index in [-0.39, 0.29) is 47.6 Å². The van der Waals surface area contributed by atoms with Crippen molar-refractivity contribution >= 4 is 23.4 Å². The van der Waals surface area contributed by atoms with Gasteiger partial charge in [-0.1, -0.05) is 0 Å². The first-order valence-corrected chi connectivity index (χ1v) is 10.1. The second kappa shape index (κ2) is 9.40. The Kier molecular flexibility index (Phi) is 6.84. The maximum absolute atomic E-state index is 14.9. The zero-order valence-corrected chi connectivity index (χ0v) is 17.8. The number of carbonyl (C=O) groups excluding carboxylic acids is 1. The molecule has 2 heterocycles. The Labute approximate surface area is 184 Å². The van der Waals surface area contributed by atoms with Gasteiger partial charge in [0.25, 0.3) is 5.91 Å². The number of halogens is 2. The molecule has 2 unspecified atom stereocenters. The lowest BCUT2D eigenvalue weighted by molar-refractivity contribution is -0.000116. The van der Waals surface area contributed by atoms with E-state index in [2.05, 4.69) is 20.3 Å². The summed E-state index contributed by atoms with van der Waals surface area (Å²) in [7, 11) is 0. The van der Waals surface area contributed by atoms with Crippen LogP contribution in [0.1, 0.15) is 49.0 Å². The van der Waals surface area contributed by atoms with E-state index in [9.17, 15) is 18.7 Å². The Morgan fingerprint density at radius 2 is 2.06 bits per heavy atom. The summed E-state index contributed by atoms with van der Waals surface area (Å²) < 4.78 is 28.9. The molecule has 170 valence electrons. The van der Waals surface area contributed by atoms with Crippen molar-refractivity contribution in [2.75, 3.05) is 16.8 Å². The fourth-order valence-corrected chi connectivity index (χ4v) is 3.53. The van der Waals surface area contributed by atoms with Crippen LogP contribution in [0.3, 0.4) is 0 Å². The maximum atomic E-state index is 14.9. The summed E-state index contributed by atoms with van der Waals surface area (Å²) in [6.07, 6.45) is 2.15. The van der Waals surface area contributed by atoms with Gasteiger partial charge >= 0.3 is 0 Å². The fraction of sp³-hybridized carbons (Fsp3) is 0.476. The van der Waals surface area contributed by atoms with Crippen molar-refractivity contribution in [1.29, 1.82) is 5.26 Å². The minimum Gasteiger partial charge on any atom is -0.387 e. The van der Waals surface area contributed by atoms with E-state index >= 15 is 0 Å². The third kappa shape index (κ3) is 5.45. The molecule has 4 N–H and O–H groups in total. The van der Waals surface area contributed by atoms with Gasteiger partial charge in [0.1, 0.15) is 24.2 Å². The van der Waals surface area contributed by atoms with Crippen LogP contribution in [0.15, 0.2) is 24.7 Å². The molecule has 0 spiro atoms. The van der Waals surface area contributed by atoms with Crippen LogP contribution in [0, 0.1) is 11.3 Å². The quantitative estimate of drug-likeness (QED) is 0.562. The average molecular weight is 445 g/mol. The van der Waals surface area contributed by atoms with E-state index < -0.39 is 23.9 Å². The molecule has 1 amide bonds. The number of alkyl halides is 2. The van der Waals surface area contributed by atoms with E-state index in [1.54, 1.807) is 4.90 Å². The van der Waals surface area contributed by atoms with Crippen molar-refractivity contribution in [2.45, 2.75) is 57.1 Å². The molecule has 0 radical (unpaired) electrons. The first-order valence-electron chi connectivity index (χ1n) is 10.1. The standard InChI is InChI=1S/C21H25F2N7O2/c1-21(2,32)17(23)11-30(14-4-3-13(22)5-14)16-6-18(26-10-15(16)19(25)31)29-20-27-8-12(7-24)9-28-20/h6,8-10,13-14,17,32H,3-5,11H2,1-2H3,(H2,25,31)(H,26,27,28,29)/t13?,14?,17-/m1/s1. The van der Waals surface area contributed by atoms with Crippen LogP contribution in [0.2, 0.25) is 0 Å². The predicted molar refractivity (Wildman–Crippen MR) is 114 cm³/mol. The lowest BCUT2D eigenvalue weighted by Gasteiger charge is -2.36. The van der Waals surface area contributed by atoms with Gasteiger partial charge < -0.3 is 21.1 Å². The van der Waals surface area contributed by atoms with E-state index in [1.807, 2.05) is 6.07 Å². The summed E-state index contributed by atoms with van der Waals surface area (Å²) >= 11 is 0. The molecule has 9 nitrogen and oxygen atoms in total. The van der Waals surface area contributed by atoms with Crippen molar-refractivity contribution in [3.05, 3.63) is 35.8 Å². The Balaban J connectivity index is 1.99. The van der Waals surface area contributed by atoms with Crippen LogP contribution < -0.4 is 16.0 Å². The fourth-order valence-electron chi connectivity index (χ4n) is 3.53. The van der Waals surface area contributed by atoms with Gasteiger partial charge in [-0.05, 0) is 33.1 Å². The highest BCUT2D eigenvalue weighted by Crippen LogP contribution is 2.34. The van der Waals surface area contributed by atoms with E-state index in [0.29, 0.717) is 12.8 Å². The van der Waals surface area contributed by atoms with Crippen LogP contribution in [0.25, 0.3) is 0 Å². The third-order valence-corrected chi connectivity index (χ3v) is 5.38. The molecule has 11 heteroatoms. The average Bonchev–Trinajstić information content (AvgIpc) is 3.17. The molecule has 1 aliphatic carbocycles. The third-order valence-electron chi connectivity index (χ3n) is 5.38. The molecule has 2 aromatic rings. The highest BCUT2D eigenvalue weighted by Gasteiger charge is 2.36. The summed E-state index contributed by atoms with van der Waals surface area (Å²) in [6, 6.07) is 3.02. The number of aliphatic hydroxyl groups is 1. The minimum absolute atomic E-state index is 0.0431. The number of hydrogen-bond donors (Lipinski definition) is 3. The molecular weight excluding hydrogens is 420 g/mol. The molecular formula is C21H25F2N7O2. The summed E-state index contributed by atoms with van der Waals surface area (Å²) in [5.74, 6) is -0.370. The molecule has 3 atom stereocenters. The van der Waals surface area contributed by atoms with Crippen molar-refractivity contribution in [3.63, 3.8) is 0 Å². The summed E-state index contributed by atoms with van der Waals surface area (Å²) in [6.45, 7) is 2.43. The van der Waals surface area contributed by atoms with E-state index in [4.69, 9.17) is 11.0 Å². The topological polar surface area (TPSA) is 141 Å². The predicted octanol–water partition coefficient (Wildman–Crippen LogP) is 2.39.